The van der Waals surface area contributed by atoms with Gasteiger partial charge in [0.05, 0.1) is 0 Å². The summed E-state index contributed by atoms with van der Waals surface area (Å²) in [4.78, 5) is 1.59. The summed E-state index contributed by atoms with van der Waals surface area (Å²) in [6.07, 6.45) is 8.74. The molecule has 0 aliphatic heterocycles. The van der Waals surface area contributed by atoms with Crippen molar-refractivity contribution in [1.82, 2.24) is 0 Å². The van der Waals surface area contributed by atoms with Crippen LogP contribution in [0.5, 0.6) is 0 Å². The molecule has 4 bridgehead atoms. The van der Waals surface area contributed by atoms with E-state index in [0.29, 0.717) is 0 Å². The van der Waals surface area contributed by atoms with Crippen LogP contribution in [0.4, 0.5) is 0 Å². The van der Waals surface area contributed by atoms with E-state index in [9.17, 15) is 0 Å². The summed E-state index contributed by atoms with van der Waals surface area (Å²) in [5.74, 6) is 5.08. The highest BCUT2D eigenvalue weighted by molar-refractivity contribution is 7.10. The third-order valence-corrected chi connectivity index (χ3v) is 6.73. The molecule has 0 aromatic carbocycles. The molecule has 0 unspecified atom stereocenters. The van der Waals surface area contributed by atoms with E-state index in [1.165, 1.54) is 25.7 Å². The second-order valence-corrected chi connectivity index (χ2v) is 7.79. The number of nitrogens with two attached hydrogens (primary N) is 1. The first-order valence-corrected chi connectivity index (χ1v) is 8.49. The van der Waals surface area contributed by atoms with Crippen molar-refractivity contribution < 1.29 is 0 Å². The molecule has 4 aliphatic carbocycles. The highest BCUT2D eigenvalue weighted by Crippen LogP contribution is 2.60. The lowest BCUT2D eigenvalue weighted by Gasteiger charge is -2.54. The van der Waals surface area contributed by atoms with Gasteiger partial charge in [0.2, 0.25) is 0 Å². The Labute approximate surface area is 114 Å². The monoisotopic (exact) mass is 261 g/mol. The highest BCUT2D eigenvalue weighted by Gasteiger charge is 2.48. The SMILES string of the molecule is NCCc1sccc1C1C2CC3CC(C2)CC1C3. The minimum absolute atomic E-state index is 0.806. The maximum Gasteiger partial charge on any atom is 0.00927 e. The lowest BCUT2D eigenvalue weighted by Crippen LogP contribution is -2.43. The summed E-state index contributed by atoms with van der Waals surface area (Å²) in [6.45, 7) is 0.806. The van der Waals surface area contributed by atoms with Crippen molar-refractivity contribution >= 4 is 11.3 Å². The van der Waals surface area contributed by atoms with E-state index in [1.807, 2.05) is 11.3 Å². The van der Waals surface area contributed by atoms with Crippen LogP contribution in [0, 0.1) is 23.7 Å². The van der Waals surface area contributed by atoms with Gasteiger partial charge in [-0.2, -0.15) is 0 Å². The number of hydrogen-bond acceptors (Lipinski definition) is 2. The predicted octanol–water partition coefficient (Wildman–Crippen LogP) is 3.79. The van der Waals surface area contributed by atoms with Crippen LogP contribution < -0.4 is 5.73 Å². The van der Waals surface area contributed by atoms with Crippen LogP contribution in [0.3, 0.4) is 0 Å². The second-order valence-electron chi connectivity index (χ2n) is 6.79. The van der Waals surface area contributed by atoms with Crippen LogP contribution in [0.25, 0.3) is 0 Å². The van der Waals surface area contributed by atoms with Crippen molar-refractivity contribution in [1.29, 1.82) is 0 Å². The summed E-state index contributed by atoms with van der Waals surface area (Å²) < 4.78 is 0. The van der Waals surface area contributed by atoms with Gasteiger partial charge >= 0.3 is 0 Å². The fourth-order valence-corrected chi connectivity index (χ4v) is 6.37. The zero-order valence-corrected chi connectivity index (χ0v) is 11.8. The first-order valence-electron chi connectivity index (χ1n) is 7.61. The minimum atomic E-state index is 0.806. The smallest absolute Gasteiger partial charge is 0.00927 e. The number of rotatable bonds is 3. The fourth-order valence-electron chi connectivity index (χ4n) is 5.41. The largest absolute Gasteiger partial charge is 0.330 e. The summed E-state index contributed by atoms with van der Waals surface area (Å²) in [5, 5.41) is 2.30. The molecule has 2 heteroatoms. The topological polar surface area (TPSA) is 26.0 Å². The Balaban J connectivity index is 1.66. The standard InChI is InChI=1S/C16H23NS/c17-3-1-15-14(2-4-18-15)16-12-6-10-5-11(8-12)9-13(16)7-10/h2,4,10-13,16H,1,3,5-9,17H2. The Morgan fingerprint density at radius 2 is 1.72 bits per heavy atom. The van der Waals surface area contributed by atoms with E-state index in [2.05, 4.69) is 11.4 Å². The summed E-state index contributed by atoms with van der Waals surface area (Å²) in [7, 11) is 0. The lowest BCUT2D eigenvalue weighted by atomic mass is 9.51. The molecule has 0 atom stereocenters. The van der Waals surface area contributed by atoms with Gasteiger partial charge in [-0.3, -0.25) is 0 Å². The van der Waals surface area contributed by atoms with Crippen LogP contribution in [0.15, 0.2) is 11.4 Å². The molecule has 18 heavy (non-hydrogen) atoms. The van der Waals surface area contributed by atoms with Crippen LogP contribution in [0.2, 0.25) is 0 Å². The zero-order valence-electron chi connectivity index (χ0n) is 11.0. The predicted molar refractivity (Wildman–Crippen MR) is 76.9 cm³/mol. The van der Waals surface area contributed by atoms with Gasteiger partial charge in [0.25, 0.3) is 0 Å². The first kappa shape index (κ1) is 11.5. The Morgan fingerprint density at radius 1 is 1.06 bits per heavy atom. The quantitative estimate of drug-likeness (QED) is 0.880. The van der Waals surface area contributed by atoms with E-state index in [-0.39, 0.29) is 0 Å². The van der Waals surface area contributed by atoms with Crippen LogP contribution in [-0.4, -0.2) is 6.54 Å². The van der Waals surface area contributed by atoms with Crippen molar-refractivity contribution in [2.24, 2.45) is 29.4 Å². The molecule has 0 saturated heterocycles. The maximum atomic E-state index is 5.77. The molecule has 1 heterocycles. The van der Waals surface area contributed by atoms with Crippen molar-refractivity contribution in [3.8, 4) is 0 Å². The fraction of sp³-hybridized carbons (Fsp3) is 0.750. The zero-order chi connectivity index (χ0) is 12.1. The van der Waals surface area contributed by atoms with Gasteiger partial charge in [0, 0.05) is 4.88 Å². The Bertz CT molecular complexity index is 408. The average Bonchev–Trinajstić information content (AvgIpc) is 2.76. The number of hydrogen-bond donors (Lipinski definition) is 1. The number of thiophene rings is 1. The van der Waals surface area contributed by atoms with Gasteiger partial charge < -0.3 is 5.73 Å². The summed E-state index contributed by atoms with van der Waals surface area (Å²) >= 11 is 1.94. The molecule has 2 N–H and O–H groups in total. The highest BCUT2D eigenvalue weighted by atomic mass is 32.1. The van der Waals surface area contributed by atoms with Crippen LogP contribution >= 0.6 is 11.3 Å². The molecule has 1 nitrogen and oxygen atoms in total. The van der Waals surface area contributed by atoms with E-state index in [0.717, 1.165) is 42.6 Å². The first-order chi connectivity index (χ1) is 8.85. The van der Waals surface area contributed by atoms with Gasteiger partial charge in [0.1, 0.15) is 0 Å². The Hall–Kier alpha value is -0.340. The summed E-state index contributed by atoms with van der Waals surface area (Å²) in [6, 6.07) is 2.42. The van der Waals surface area contributed by atoms with Crippen LogP contribution in [0.1, 0.15) is 48.5 Å². The van der Waals surface area contributed by atoms with Crippen molar-refractivity contribution in [2.45, 2.75) is 44.4 Å². The normalized spacial score (nSPS) is 41.5. The van der Waals surface area contributed by atoms with E-state index in [1.54, 1.807) is 16.9 Å². The third kappa shape index (κ3) is 1.69. The average molecular weight is 261 g/mol. The van der Waals surface area contributed by atoms with E-state index < -0.39 is 0 Å². The van der Waals surface area contributed by atoms with Gasteiger partial charge in [-0.15, -0.1) is 11.3 Å². The van der Waals surface area contributed by atoms with Crippen molar-refractivity contribution in [3.63, 3.8) is 0 Å². The molecule has 0 radical (unpaired) electrons. The molecule has 0 spiro atoms. The van der Waals surface area contributed by atoms with Gasteiger partial charge in [-0.25, -0.2) is 0 Å². The molecule has 4 saturated carbocycles. The van der Waals surface area contributed by atoms with E-state index in [4.69, 9.17) is 5.73 Å². The molecular weight excluding hydrogens is 238 g/mol. The molecule has 5 rings (SSSR count). The molecular formula is C16H23NS. The van der Waals surface area contributed by atoms with E-state index >= 15 is 0 Å². The molecule has 98 valence electrons. The molecule has 1 aromatic heterocycles. The third-order valence-electron chi connectivity index (χ3n) is 5.74. The maximum absolute atomic E-state index is 5.77. The van der Waals surface area contributed by atoms with Crippen LogP contribution in [-0.2, 0) is 6.42 Å². The van der Waals surface area contributed by atoms with Gasteiger partial charge in [0.15, 0.2) is 0 Å². The molecule has 4 aliphatic rings. The van der Waals surface area contributed by atoms with Crippen molar-refractivity contribution in [3.05, 3.63) is 21.9 Å². The van der Waals surface area contributed by atoms with Gasteiger partial charge in [-0.05, 0) is 91.7 Å². The lowest BCUT2D eigenvalue weighted by molar-refractivity contribution is -0.00288. The summed E-state index contributed by atoms with van der Waals surface area (Å²) in [5.41, 5.74) is 7.46. The van der Waals surface area contributed by atoms with Crippen molar-refractivity contribution in [2.75, 3.05) is 6.54 Å². The Morgan fingerprint density at radius 3 is 2.33 bits per heavy atom. The Kier molecular flexibility index (Phi) is 2.77. The molecule has 1 aromatic rings. The molecule has 0 amide bonds. The van der Waals surface area contributed by atoms with Gasteiger partial charge in [-0.1, -0.05) is 0 Å². The second kappa shape index (κ2) is 4.35. The molecule has 4 fully saturated rings. The minimum Gasteiger partial charge on any atom is -0.330 e.